The molecule has 8 aromatic heterocycles. The molecular weight excluding hydrogens is 1800 g/mol. The molecule has 0 saturated heterocycles. The van der Waals surface area contributed by atoms with Crippen molar-refractivity contribution in [2.75, 3.05) is 0 Å². The summed E-state index contributed by atoms with van der Waals surface area (Å²) in [6, 6.07) is 159. The van der Waals surface area contributed by atoms with Crippen LogP contribution in [0.5, 0.6) is 0 Å². The third kappa shape index (κ3) is 15.3. The Balaban J connectivity index is 0.000000112. The smallest absolute Gasteiger partial charge is 0.277 e. The Hall–Kier alpha value is -18.9. The molecule has 27 rings (SSSR count). The number of nitrogens with zero attached hydrogens (tertiary/aromatic N) is 14. The molecule has 1 N–H and O–H groups in total. The van der Waals surface area contributed by atoms with Gasteiger partial charge >= 0.3 is 0 Å². The van der Waals surface area contributed by atoms with Crippen LogP contribution in [0.25, 0.3) is 245 Å². The number of halogens is 1. The summed E-state index contributed by atoms with van der Waals surface area (Å²) in [5, 5.41) is 23.7. The summed E-state index contributed by atoms with van der Waals surface area (Å²) >= 11 is 3.87. The molecule has 0 radical (unpaired) electrons. The van der Waals surface area contributed by atoms with Crippen molar-refractivity contribution in [2.24, 2.45) is 0 Å². The lowest BCUT2D eigenvalue weighted by molar-refractivity contribution is -0.384. The van der Waals surface area contributed by atoms with E-state index < -0.39 is 0 Å². The van der Waals surface area contributed by atoms with Crippen LogP contribution in [-0.4, -0.2) is 73.0 Å². The van der Waals surface area contributed by atoms with E-state index in [1.807, 2.05) is 231 Å². The fourth-order valence-corrected chi connectivity index (χ4v) is 20.2. The normalized spacial score (nSPS) is 11.5. The number of aromatic nitrogens is 14. The van der Waals surface area contributed by atoms with E-state index in [9.17, 15) is 10.1 Å². The van der Waals surface area contributed by atoms with E-state index in [0.717, 1.165) is 127 Å². The van der Waals surface area contributed by atoms with Crippen molar-refractivity contribution in [1.29, 1.82) is 0 Å². The molecule has 664 valence electrons. The van der Waals surface area contributed by atoms with Crippen LogP contribution in [0.4, 0.5) is 5.69 Å². The predicted molar refractivity (Wildman–Crippen MR) is 575 cm³/mol. The maximum absolute atomic E-state index is 11.8. The van der Waals surface area contributed by atoms with Crippen LogP contribution >= 0.6 is 15.9 Å². The summed E-state index contributed by atoms with van der Waals surface area (Å²) in [7, 11) is 0. The van der Waals surface area contributed by atoms with Crippen molar-refractivity contribution in [3.8, 4) is 136 Å². The van der Waals surface area contributed by atoms with Crippen molar-refractivity contribution in [3.05, 3.63) is 482 Å². The van der Waals surface area contributed by atoms with Crippen molar-refractivity contribution >= 4 is 131 Å². The lowest BCUT2D eigenvalue weighted by Gasteiger charge is -2.12. The molecule has 0 fully saturated rings. The first-order chi connectivity index (χ1) is 69.7. The zero-order valence-corrected chi connectivity index (χ0v) is 77.0. The molecule has 0 unspecified atom stereocenters. The predicted octanol–water partition coefficient (Wildman–Crippen LogP) is 31.0. The number of benzene rings is 19. The largest absolute Gasteiger partial charge is 0.354 e. The maximum Gasteiger partial charge on any atom is 0.277 e. The first kappa shape index (κ1) is 83.9. The highest BCUT2D eigenvalue weighted by atomic mass is 79.9. The number of H-pyrrole nitrogens is 1. The molecule has 0 aliphatic heterocycles. The lowest BCUT2D eigenvalue weighted by Crippen LogP contribution is -2.00. The van der Waals surface area contributed by atoms with Crippen molar-refractivity contribution in [1.82, 2.24) is 68.1 Å². The Labute approximate surface area is 816 Å². The minimum atomic E-state index is -0.331. The molecule has 19 aromatic carbocycles. The number of hydrogen-bond acceptors (Lipinski definition) is 11. The van der Waals surface area contributed by atoms with Crippen LogP contribution < -0.4 is 0 Å². The van der Waals surface area contributed by atoms with E-state index in [-0.39, 0.29) is 10.6 Å². The molecule has 0 saturated carbocycles. The topological polar surface area (TPSA) is 195 Å². The molecule has 0 atom stereocenters. The quantitative estimate of drug-likeness (QED) is 0.0758. The Morgan fingerprint density at radius 1 is 0.227 bits per heavy atom. The highest BCUT2D eigenvalue weighted by Crippen LogP contribution is 2.46. The average molecular weight is 1880 g/mol. The molecule has 0 amide bonds. The molecule has 8 heterocycles. The van der Waals surface area contributed by atoms with Crippen LogP contribution in [0.1, 0.15) is 0 Å². The summed E-state index contributed by atoms with van der Waals surface area (Å²) < 4.78 is 10.4. The van der Waals surface area contributed by atoms with Crippen molar-refractivity contribution < 1.29 is 4.92 Å². The third-order valence-electron chi connectivity index (χ3n) is 26.2. The van der Waals surface area contributed by atoms with Crippen molar-refractivity contribution in [3.63, 3.8) is 0 Å². The Kier molecular flexibility index (Phi) is 21.3. The fraction of sp³-hybridized carbons (Fsp3) is 0. The average Bonchev–Trinajstić information content (AvgIpc) is 1.51. The van der Waals surface area contributed by atoms with Crippen molar-refractivity contribution in [2.45, 2.75) is 0 Å². The van der Waals surface area contributed by atoms with E-state index in [2.05, 4.69) is 258 Å². The van der Waals surface area contributed by atoms with E-state index in [1.54, 1.807) is 18.2 Å². The van der Waals surface area contributed by atoms with Gasteiger partial charge in [0.2, 0.25) is 0 Å². The minimum absolute atomic E-state index is 0.0883. The van der Waals surface area contributed by atoms with Gasteiger partial charge in [-0.15, -0.1) is 0 Å². The second kappa shape index (κ2) is 35.7. The monoisotopic (exact) mass is 1880 g/mol. The molecule has 18 heteroatoms. The molecule has 0 aliphatic carbocycles. The Morgan fingerprint density at radius 3 is 0.936 bits per heavy atom. The van der Waals surface area contributed by atoms with Gasteiger partial charge in [-0.25, -0.2) is 44.9 Å². The van der Waals surface area contributed by atoms with Crippen LogP contribution in [0.3, 0.4) is 0 Å². The van der Waals surface area contributed by atoms with E-state index in [4.69, 9.17) is 44.9 Å². The van der Waals surface area contributed by atoms with Gasteiger partial charge in [0, 0.05) is 137 Å². The summed E-state index contributed by atoms with van der Waals surface area (Å²) in [5.74, 6) is 5.71. The highest BCUT2D eigenvalue weighted by molar-refractivity contribution is 9.10. The number of nitro benzene ring substituents is 1. The second-order valence-electron chi connectivity index (χ2n) is 34.5. The number of nitrogens with one attached hydrogen (secondary N) is 1. The number of aromatic amines is 1. The fourth-order valence-electron chi connectivity index (χ4n) is 19.7. The van der Waals surface area contributed by atoms with Gasteiger partial charge in [-0.05, 0) is 167 Å². The Morgan fingerprint density at radius 2 is 0.518 bits per heavy atom. The number of nitro groups is 1. The molecule has 0 spiro atoms. The number of hydrogen-bond donors (Lipinski definition) is 1. The van der Waals surface area contributed by atoms with Gasteiger partial charge in [-0.2, -0.15) is 0 Å². The van der Waals surface area contributed by atoms with Gasteiger partial charge in [-0.3, -0.25) is 10.1 Å². The highest BCUT2D eigenvalue weighted by Gasteiger charge is 2.26. The van der Waals surface area contributed by atoms with E-state index in [1.165, 1.54) is 65.2 Å². The van der Waals surface area contributed by atoms with Crippen LogP contribution in [0, 0.1) is 10.1 Å². The summed E-state index contributed by atoms with van der Waals surface area (Å²) in [5.41, 5.74) is 25.5. The van der Waals surface area contributed by atoms with E-state index >= 15 is 0 Å². The van der Waals surface area contributed by atoms with Gasteiger partial charge in [0.1, 0.15) is 0 Å². The molecule has 141 heavy (non-hydrogen) atoms. The van der Waals surface area contributed by atoms with Crippen LogP contribution in [0.15, 0.2) is 472 Å². The molecule has 27 aromatic rings. The van der Waals surface area contributed by atoms with Gasteiger partial charge < -0.3 is 23.3 Å². The second-order valence-corrected chi connectivity index (χ2v) is 35.4. The standard InChI is InChI=1S/C45H28BrN5.C39H25N5O2.C39H25N5/c46-36-19-9-12-22-39(36)51-37-20-10-7-17-33(37)34-27-28-40-41(42(34)51)35-18-8-11-21-38(35)50(40)32-25-23-31(24-26-32)45-48-43(29-13-3-1-4-14-29)47-44(49-45)30-15-5-2-6-16-30;45-44(46)36-18-10-7-15-31(36)29-21-24-35-33(25-29)32-16-8-9-17-34(32)43(35)30-22-19-28(20-23-30)39-41-37(26-11-3-1-4-12-26)40-38(42-39)27-13-5-2-6-14-27;1-3-11-25(12-4-1)37-41-38(26-13-5-2-6-14-26)43-39(42-37)27-19-21-28(22-20-27)44-33-18-10-8-16-31(33)35-34(44)24-23-30-29-15-7-9-17-32(29)40-36(30)35/h1-28H;1-25H;1-24,40H. The zero-order valence-electron chi connectivity index (χ0n) is 75.4. The van der Waals surface area contributed by atoms with Crippen LogP contribution in [0.2, 0.25) is 0 Å². The summed E-state index contributed by atoms with van der Waals surface area (Å²) in [6.45, 7) is 0. The SMILES string of the molecule is Brc1ccccc1-n1c2ccccc2c2ccc3c(c4ccccc4n3-c3ccc(-c4nc(-c5ccccc5)nc(-c5ccccc5)n4)cc3)c21.O=[N+]([O-])c1ccccc1-c1ccc2c(c1)c1ccccc1n2-c1ccc(-c2nc(-c3ccccc3)nc(-c3ccccc3)n2)cc1.c1ccc(-c2nc(-c3ccccc3)nc(-c3ccc(-n4c5ccccc5c5c6[nH]c7ccccc7c6ccc54)cc3)n2)cc1. The van der Waals surface area contributed by atoms with Gasteiger partial charge in [-0.1, -0.05) is 315 Å². The number of fused-ring (bicyclic) bond motifs is 17. The number of para-hydroxylation sites is 7. The van der Waals surface area contributed by atoms with Gasteiger partial charge in [0.25, 0.3) is 5.69 Å². The molecule has 0 bridgehead atoms. The Bertz CT molecular complexity index is 9340. The minimum Gasteiger partial charge on any atom is -0.354 e. The zero-order chi connectivity index (χ0) is 94.0. The molecule has 0 aliphatic rings. The third-order valence-corrected chi connectivity index (χ3v) is 26.9. The summed E-state index contributed by atoms with van der Waals surface area (Å²) in [4.78, 5) is 59.1. The number of rotatable bonds is 15. The van der Waals surface area contributed by atoms with Crippen LogP contribution in [-0.2, 0) is 0 Å². The summed E-state index contributed by atoms with van der Waals surface area (Å²) in [6.07, 6.45) is 0. The van der Waals surface area contributed by atoms with E-state index in [0.29, 0.717) is 58.0 Å². The molecule has 17 nitrogen and oxygen atoms in total. The first-order valence-corrected chi connectivity index (χ1v) is 47.3. The van der Waals surface area contributed by atoms with Gasteiger partial charge in [0.05, 0.1) is 65.8 Å². The van der Waals surface area contributed by atoms with Gasteiger partial charge in [0.15, 0.2) is 52.4 Å². The molecular formula is C123H78BrN15O2. The lowest BCUT2D eigenvalue weighted by atomic mass is 10.0. The first-order valence-electron chi connectivity index (χ1n) is 46.5. The maximum atomic E-state index is 11.8.